The molecule has 1 unspecified atom stereocenters. The minimum Gasteiger partial charge on any atom is -0.497 e. The van der Waals surface area contributed by atoms with Crippen LogP contribution in [0.3, 0.4) is 0 Å². The highest BCUT2D eigenvalue weighted by Gasteiger charge is 2.27. The van der Waals surface area contributed by atoms with Crippen molar-refractivity contribution in [3.8, 4) is 23.0 Å². The molecule has 6 rings (SSSR count). The topological polar surface area (TPSA) is 117 Å². The van der Waals surface area contributed by atoms with E-state index in [1.807, 2.05) is 71.4 Å². The van der Waals surface area contributed by atoms with Gasteiger partial charge in [-0.2, -0.15) is 0 Å². The van der Waals surface area contributed by atoms with Gasteiger partial charge < -0.3 is 23.9 Å². The Morgan fingerprint density at radius 1 is 0.929 bits per heavy atom. The molecular formula is C31H32N6O5. The maximum atomic E-state index is 13.3. The Bertz CT molecular complexity index is 1750. The van der Waals surface area contributed by atoms with E-state index in [1.165, 1.54) is 0 Å². The highest BCUT2D eigenvalue weighted by molar-refractivity contribution is 5.80. The summed E-state index contributed by atoms with van der Waals surface area (Å²) in [5.41, 5.74) is 3.30. The Balaban J connectivity index is 1.36. The Kier molecular flexibility index (Phi) is 7.74. The molecule has 3 aromatic carbocycles. The van der Waals surface area contributed by atoms with Crippen molar-refractivity contribution in [3.63, 3.8) is 0 Å². The first-order valence-electron chi connectivity index (χ1n) is 13.8. The SMILES string of the molecule is CCC(c1nnnn1Cc1ccc(OC)cc1)N(Cc1ccc2c(c1)OCO2)Cc1cc2cc(OC)ccc2[nH]c1=O. The second-order valence-electron chi connectivity index (χ2n) is 10.1. The molecule has 11 heteroatoms. The number of tetrazole rings is 1. The predicted octanol–water partition coefficient (Wildman–Crippen LogP) is 4.46. The third-order valence-electron chi connectivity index (χ3n) is 7.50. The molecule has 0 amide bonds. The Hall–Kier alpha value is -4.90. The zero-order chi connectivity index (χ0) is 29.1. The van der Waals surface area contributed by atoms with Gasteiger partial charge in [0.05, 0.1) is 26.8 Å². The third kappa shape index (κ3) is 5.64. The molecule has 11 nitrogen and oxygen atoms in total. The van der Waals surface area contributed by atoms with E-state index in [-0.39, 0.29) is 18.4 Å². The molecule has 1 aliphatic heterocycles. The Morgan fingerprint density at radius 2 is 1.69 bits per heavy atom. The lowest BCUT2D eigenvalue weighted by atomic mass is 10.1. The lowest BCUT2D eigenvalue weighted by Crippen LogP contribution is -2.32. The van der Waals surface area contributed by atoms with Crippen molar-refractivity contribution in [2.45, 2.75) is 39.0 Å². The number of nitrogens with zero attached hydrogens (tertiary/aromatic N) is 5. The molecule has 0 bridgehead atoms. The van der Waals surface area contributed by atoms with Gasteiger partial charge in [0, 0.05) is 29.6 Å². The number of nitrogens with one attached hydrogen (secondary N) is 1. The molecule has 42 heavy (non-hydrogen) atoms. The number of pyridine rings is 1. The lowest BCUT2D eigenvalue weighted by Gasteiger charge is -2.30. The van der Waals surface area contributed by atoms with Crippen LogP contribution in [0.2, 0.25) is 0 Å². The molecule has 0 aliphatic carbocycles. The number of hydrogen-bond acceptors (Lipinski definition) is 9. The first-order chi connectivity index (χ1) is 20.5. The van der Waals surface area contributed by atoms with Gasteiger partial charge in [-0.05, 0) is 76.5 Å². The van der Waals surface area contributed by atoms with Crippen LogP contribution in [0.4, 0.5) is 0 Å². The molecule has 0 spiro atoms. The van der Waals surface area contributed by atoms with E-state index in [0.717, 1.165) is 39.3 Å². The molecule has 0 saturated carbocycles. The maximum absolute atomic E-state index is 13.3. The van der Waals surface area contributed by atoms with Crippen molar-refractivity contribution in [1.82, 2.24) is 30.1 Å². The number of fused-ring (bicyclic) bond motifs is 2. The largest absolute Gasteiger partial charge is 0.497 e. The van der Waals surface area contributed by atoms with Crippen LogP contribution in [0.1, 0.15) is 41.9 Å². The number of aromatic amines is 1. The van der Waals surface area contributed by atoms with Crippen molar-refractivity contribution in [1.29, 1.82) is 0 Å². The van der Waals surface area contributed by atoms with Crippen LogP contribution in [-0.4, -0.2) is 51.1 Å². The number of hydrogen-bond donors (Lipinski definition) is 1. The summed E-state index contributed by atoms with van der Waals surface area (Å²) in [6.07, 6.45) is 0.715. The summed E-state index contributed by atoms with van der Waals surface area (Å²) >= 11 is 0. The number of rotatable bonds is 11. The van der Waals surface area contributed by atoms with Crippen LogP contribution >= 0.6 is 0 Å². The van der Waals surface area contributed by atoms with Crippen LogP contribution in [0, 0.1) is 0 Å². The van der Waals surface area contributed by atoms with Crippen LogP contribution < -0.4 is 24.5 Å². The average molecular weight is 569 g/mol. The Morgan fingerprint density at radius 3 is 2.48 bits per heavy atom. The summed E-state index contributed by atoms with van der Waals surface area (Å²) in [6, 6.07) is 21.1. The van der Waals surface area contributed by atoms with Crippen LogP contribution in [0.5, 0.6) is 23.0 Å². The normalized spacial score (nSPS) is 13.0. The fourth-order valence-corrected chi connectivity index (χ4v) is 5.31. The molecule has 2 aromatic heterocycles. The lowest BCUT2D eigenvalue weighted by molar-refractivity contribution is 0.161. The second-order valence-corrected chi connectivity index (χ2v) is 10.1. The van der Waals surface area contributed by atoms with Crippen molar-refractivity contribution in [3.05, 3.63) is 99.6 Å². The van der Waals surface area contributed by atoms with E-state index in [0.29, 0.717) is 43.2 Å². The van der Waals surface area contributed by atoms with Gasteiger partial charge in [0.2, 0.25) is 6.79 Å². The minimum absolute atomic E-state index is 0.143. The van der Waals surface area contributed by atoms with Gasteiger partial charge in [0.15, 0.2) is 17.3 Å². The van der Waals surface area contributed by atoms with Crippen molar-refractivity contribution in [2.24, 2.45) is 0 Å². The smallest absolute Gasteiger partial charge is 0.252 e. The number of benzene rings is 3. The van der Waals surface area contributed by atoms with E-state index in [1.54, 1.807) is 14.2 Å². The van der Waals surface area contributed by atoms with Crippen LogP contribution in [0.25, 0.3) is 10.9 Å². The Labute approximate surface area is 242 Å². The summed E-state index contributed by atoms with van der Waals surface area (Å²) in [6.45, 7) is 3.69. The molecule has 5 aromatic rings. The van der Waals surface area contributed by atoms with E-state index in [9.17, 15) is 4.79 Å². The number of aromatic nitrogens is 5. The van der Waals surface area contributed by atoms with E-state index >= 15 is 0 Å². The quantitative estimate of drug-likeness (QED) is 0.246. The highest BCUT2D eigenvalue weighted by atomic mass is 16.7. The second kappa shape index (κ2) is 11.9. The first-order valence-corrected chi connectivity index (χ1v) is 13.8. The summed E-state index contributed by atoms with van der Waals surface area (Å²) in [4.78, 5) is 18.5. The number of ether oxygens (including phenoxy) is 4. The summed E-state index contributed by atoms with van der Waals surface area (Å²) in [5.74, 6) is 3.66. The molecule has 0 radical (unpaired) electrons. The zero-order valence-corrected chi connectivity index (χ0v) is 23.7. The van der Waals surface area contributed by atoms with Crippen molar-refractivity contribution in [2.75, 3.05) is 21.0 Å². The number of methoxy groups -OCH3 is 2. The summed E-state index contributed by atoms with van der Waals surface area (Å²) in [5, 5.41) is 13.7. The fourth-order valence-electron chi connectivity index (χ4n) is 5.31. The van der Waals surface area contributed by atoms with Gasteiger partial charge in [0.1, 0.15) is 11.5 Å². The summed E-state index contributed by atoms with van der Waals surface area (Å²) < 4.78 is 23.7. The van der Waals surface area contributed by atoms with E-state index in [2.05, 4.69) is 32.3 Å². The van der Waals surface area contributed by atoms with Crippen molar-refractivity contribution >= 4 is 10.9 Å². The van der Waals surface area contributed by atoms with Crippen LogP contribution in [0.15, 0.2) is 71.5 Å². The molecular weight excluding hydrogens is 536 g/mol. The van der Waals surface area contributed by atoms with Gasteiger partial charge in [-0.1, -0.05) is 25.1 Å². The minimum atomic E-state index is -0.191. The monoisotopic (exact) mass is 568 g/mol. The van der Waals surface area contributed by atoms with Crippen LogP contribution in [-0.2, 0) is 19.6 Å². The van der Waals surface area contributed by atoms with Gasteiger partial charge in [-0.15, -0.1) is 5.10 Å². The van der Waals surface area contributed by atoms with Gasteiger partial charge in [0.25, 0.3) is 5.56 Å². The summed E-state index contributed by atoms with van der Waals surface area (Å²) in [7, 11) is 3.27. The molecule has 1 atom stereocenters. The molecule has 3 heterocycles. The molecule has 0 fully saturated rings. The molecule has 1 N–H and O–H groups in total. The maximum Gasteiger partial charge on any atom is 0.252 e. The van der Waals surface area contributed by atoms with E-state index < -0.39 is 0 Å². The number of H-pyrrole nitrogens is 1. The van der Waals surface area contributed by atoms with Gasteiger partial charge in [-0.3, -0.25) is 9.69 Å². The van der Waals surface area contributed by atoms with E-state index in [4.69, 9.17) is 18.9 Å². The molecule has 0 saturated heterocycles. The fraction of sp³-hybridized carbons (Fsp3) is 0.290. The highest BCUT2D eigenvalue weighted by Crippen LogP contribution is 2.34. The van der Waals surface area contributed by atoms with Crippen molar-refractivity contribution < 1.29 is 18.9 Å². The predicted molar refractivity (Wildman–Crippen MR) is 156 cm³/mol. The molecule has 1 aliphatic rings. The first kappa shape index (κ1) is 27.3. The molecule has 216 valence electrons. The standard InChI is InChI=1S/C31H32N6O5/c1-4-27(30-33-34-35-37(30)17-20-5-8-24(39-2)9-6-20)36(16-21-7-12-28-29(13-21)42-19-41-28)18-23-14-22-15-25(40-3)10-11-26(22)32-31(23)38/h5-15,27H,4,16-19H2,1-3H3,(H,32,38). The van der Waals surface area contributed by atoms with Gasteiger partial charge in [-0.25, -0.2) is 4.68 Å². The zero-order valence-electron chi connectivity index (χ0n) is 23.7. The van der Waals surface area contributed by atoms with Gasteiger partial charge >= 0.3 is 0 Å². The third-order valence-corrected chi connectivity index (χ3v) is 7.50. The average Bonchev–Trinajstić information content (AvgIpc) is 3.67.